The van der Waals surface area contributed by atoms with Gasteiger partial charge in [-0.25, -0.2) is 0 Å². The maximum Gasteiger partial charge on any atom is 0.141 e. The van der Waals surface area contributed by atoms with Gasteiger partial charge in [-0.15, -0.1) is 0 Å². The average molecular weight is 414 g/mol. The fourth-order valence-corrected chi connectivity index (χ4v) is 12.0. The highest BCUT2D eigenvalue weighted by molar-refractivity contribution is 6.82. The quantitative estimate of drug-likeness (QED) is 0.354. The molecule has 1 aromatic carbocycles. The smallest absolute Gasteiger partial charge is 0.141 e. The molecule has 2 aliphatic rings. The number of unbranched alkanes of at least 4 members (excludes halogenated alkanes) is 3. The van der Waals surface area contributed by atoms with Crippen molar-refractivity contribution in [3.63, 3.8) is 0 Å². The molecule has 3 rings (SSSR count). The Morgan fingerprint density at radius 2 is 1.66 bits per heavy atom. The molecule has 0 saturated carbocycles. The van der Waals surface area contributed by atoms with Gasteiger partial charge in [-0.2, -0.15) is 0 Å². The summed E-state index contributed by atoms with van der Waals surface area (Å²) in [5.41, 5.74) is 4.95. The maximum absolute atomic E-state index is 5.89. The van der Waals surface area contributed by atoms with Gasteiger partial charge in [0.2, 0.25) is 0 Å². The number of rotatable bonds is 7. The second-order valence-electron chi connectivity index (χ2n) is 11.5. The Kier molecular flexibility index (Phi) is 6.26. The molecule has 2 nitrogen and oxygen atoms in total. The molecule has 1 spiro atoms. The van der Waals surface area contributed by atoms with Crippen LogP contribution in [0, 0.1) is 0 Å². The van der Waals surface area contributed by atoms with Crippen molar-refractivity contribution in [3.8, 4) is 0 Å². The number of hydrogen-bond donors (Lipinski definition) is 0. The predicted octanol–water partition coefficient (Wildman–Crippen LogP) is 6.95. The van der Waals surface area contributed by atoms with Crippen LogP contribution in [0.5, 0.6) is 0 Å². The number of hydrogen-bond acceptors (Lipinski definition) is 2. The highest BCUT2D eigenvalue weighted by Crippen LogP contribution is 2.59. The van der Waals surface area contributed by atoms with E-state index in [0.717, 1.165) is 6.61 Å². The molecule has 2 unspecified atom stereocenters. The Bertz CT molecular complexity index is 757. The highest BCUT2D eigenvalue weighted by atomic mass is 28.3. The minimum atomic E-state index is -1.66. The molecule has 0 aromatic heterocycles. The van der Waals surface area contributed by atoms with Crippen LogP contribution in [-0.4, -0.2) is 37.1 Å². The van der Waals surface area contributed by atoms with Crippen LogP contribution in [-0.2, 0) is 9.78 Å². The third-order valence-electron chi connectivity index (χ3n) is 7.28. The van der Waals surface area contributed by atoms with E-state index in [9.17, 15) is 0 Å². The van der Waals surface area contributed by atoms with Crippen LogP contribution < -0.4 is 0 Å². The summed E-state index contributed by atoms with van der Waals surface area (Å²) in [6.45, 7) is 20.8. The molecule has 0 bridgehead atoms. The fraction of sp³-hybridized carbons (Fsp3) is 0.692. The number of ether oxygens (including phenoxy) is 1. The minimum absolute atomic E-state index is 0.00830. The Balaban J connectivity index is 1.69. The van der Waals surface area contributed by atoms with Crippen LogP contribution in [0.1, 0.15) is 85.3 Å². The van der Waals surface area contributed by atoms with Crippen molar-refractivity contribution in [1.82, 2.24) is 4.57 Å². The van der Waals surface area contributed by atoms with E-state index in [2.05, 4.69) is 89.9 Å². The molecule has 0 amide bonds. The van der Waals surface area contributed by atoms with Gasteiger partial charge >= 0.3 is 0 Å². The van der Waals surface area contributed by atoms with Crippen molar-refractivity contribution in [2.75, 3.05) is 13.2 Å². The van der Waals surface area contributed by atoms with E-state index in [-0.39, 0.29) is 11.1 Å². The largest absolute Gasteiger partial charge is 0.376 e. The van der Waals surface area contributed by atoms with Crippen LogP contribution in [0.15, 0.2) is 29.8 Å². The molecule has 1 aliphatic heterocycles. The van der Waals surface area contributed by atoms with Crippen LogP contribution in [0.2, 0.25) is 12.6 Å². The summed E-state index contributed by atoms with van der Waals surface area (Å²) in [6, 6.07) is 10.6. The summed E-state index contributed by atoms with van der Waals surface area (Å²) in [6.07, 6.45) is 7.63. The van der Waals surface area contributed by atoms with E-state index in [0.29, 0.717) is 5.04 Å². The fourth-order valence-electron chi connectivity index (χ4n) is 5.86. The summed E-state index contributed by atoms with van der Waals surface area (Å²) in [7, 11) is -1.66. The SMILES string of the molecule is CC1=Cc2ccccc2C12CN(C(C)(C)C)[Si]2(C)CCCCCCOC(C)(C)C. The van der Waals surface area contributed by atoms with E-state index >= 15 is 0 Å². The van der Waals surface area contributed by atoms with Crippen molar-refractivity contribution < 1.29 is 4.74 Å². The van der Waals surface area contributed by atoms with E-state index < -0.39 is 8.24 Å². The van der Waals surface area contributed by atoms with Crippen molar-refractivity contribution in [1.29, 1.82) is 0 Å². The van der Waals surface area contributed by atoms with Crippen LogP contribution in [0.3, 0.4) is 0 Å². The molecule has 0 N–H and O–H groups in total. The molecule has 1 fully saturated rings. The van der Waals surface area contributed by atoms with Crippen molar-refractivity contribution >= 4 is 14.3 Å². The molecule has 162 valence electrons. The standard InChI is InChI=1S/C26H43NOSi/c1-21-19-22-15-11-12-16-23(22)26(21)20-27(24(2,3)4)29(26,8)18-14-10-9-13-17-28-25(5,6)7/h11-12,15-16,19H,9-10,13-14,17-18,20H2,1-8H3. The number of benzene rings is 1. The lowest BCUT2D eigenvalue weighted by molar-refractivity contribution is -0.00471. The maximum atomic E-state index is 5.89. The van der Waals surface area contributed by atoms with Crippen LogP contribution >= 0.6 is 0 Å². The topological polar surface area (TPSA) is 12.5 Å². The predicted molar refractivity (Wildman–Crippen MR) is 129 cm³/mol. The van der Waals surface area contributed by atoms with Crippen LogP contribution in [0.4, 0.5) is 0 Å². The lowest BCUT2D eigenvalue weighted by Crippen LogP contribution is -2.82. The first-order valence-electron chi connectivity index (χ1n) is 11.6. The summed E-state index contributed by atoms with van der Waals surface area (Å²) < 4.78 is 8.80. The summed E-state index contributed by atoms with van der Waals surface area (Å²) in [5, 5.41) is 0.326. The lowest BCUT2D eigenvalue weighted by Gasteiger charge is -2.68. The molecule has 29 heavy (non-hydrogen) atoms. The van der Waals surface area contributed by atoms with Gasteiger partial charge in [0.1, 0.15) is 8.24 Å². The lowest BCUT2D eigenvalue weighted by atomic mass is 9.92. The molecule has 2 atom stereocenters. The first kappa shape index (κ1) is 22.8. The van der Waals surface area contributed by atoms with Crippen molar-refractivity contribution in [3.05, 3.63) is 41.0 Å². The zero-order valence-corrected chi connectivity index (χ0v) is 21.2. The van der Waals surface area contributed by atoms with E-state index in [1.54, 1.807) is 11.1 Å². The molecular formula is C26H43NOSi. The Hall–Kier alpha value is -0.903. The monoisotopic (exact) mass is 413 g/mol. The van der Waals surface area contributed by atoms with Gasteiger partial charge in [0.25, 0.3) is 0 Å². The Morgan fingerprint density at radius 3 is 2.31 bits per heavy atom. The van der Waals surface area contributed by atoms with E-state index in [1.807, 2.05) is 0 Å². The molecule has 1 heterocycles. The summed E-state index contributed by atoms with van der Waals surface area (Å²) >= 11 is 0. The molecule has 1 aromatic rings. The zero-order valence-electron chi connectivity index (χ0n) is 20.2. The third-order valence-corrected chi connectivity index (χ3v) is 13.3. The average Bonchev–Trinajstić information content (AvgIpc) is 2.90. The number of nitrogens with zero attached hydrogens (tertiary/aromatic N) is 1. The third kappa shape index (κ3) is 4.15. The van der Waals surface area contributed by atoms with Gasteiger partial charge in [0.05, 0.1) is 5.60 Å². The second kappa shape index (κ2) is 7.98. The van der Waals surface area contributed by atoms with E-state index in [1.165, 1.54) is 43.8 Å². The molecular weight excluding hydrogens is 370 g/mol. The molecule has 0 radical (unpaired) electrons. The van der Waals surface area contributed by atoms with Gasteiger partial charge in [-0.3, -0.25) is 0 Å². The molecule has 1 saturated heterocycles. The van der Waals surface area contributed by atoms with Crippen molar-refractivity contribution in [2.24, 2.45) is 0 Å². The summed E-state index contributed by atoms with van der Waals surface area (Å²) in [5.74, 6) is 0. The normalized spacial score (nSPS) is 27.1. The first-order chi connectivity index (χ1) is 13.4. The Morgan fingerprint density at radius 1 is 1.00 bits per heavy atom. The van der Waals surface area contributed by atoms with Crippen LogP contribution in [0.25, 0.3) is 6.08 Å². The van der Waals surface area contributed by atoms with E-state index in [4.69, 9.17) is 4.74 Å². The minimum Gasteiger partial charge on any atom is -0.376 e. The highest BCUT2D eigenvalue weighted by Gasteiger charge is 2.67. The van der Waals surface area contributed by atoms with Gasteiger partial charge in [0, 0.05) is 23.7 Å². The summed E-state index contributed by atoms with van der Waals surface area (Å²) in [4.78, 5) is 0. The van der Waals surface area contributed by atoms with Gasteiger partial charge < -0.3 is 9.30 Å². The zero-order chi connectivity index (χ0) is 21.5. The van der Waals surface area contributed by atoms with Gasteiger partial charge in [-0.1, -0.05) is 61.7 Å². The molecule has 3 heteroatoms. The number of fused-ring (bicyclic) bond motifs is 2. The van der Waals surface area contributed by atoms with Gasteiger partial charge in [0.15, 0.2) is 0 Å². The van der Waals surface area contributed by atoms with Gasteiger partial charge in [-0.05, 0) is 72.1 Å². The Labute approximate surface area is 180 Å². The van der Waals surface area contributed by atoms with Crippen molar-refractivity contribution in [2.45, 2.75) is 103 Å². The first-order valence-corrected chi connectivity index (χ1v) is 14.3. The second-order valence-corrected chi connectivity index (χ2v) is 15.9. The molecule has 1 aliphatic carbocycles.